The lowest BCUT2D eigenvalue weighted by molar-refractivity contribution is 0.607. The van der Waals surface area contributed by atoms with Crippen LogP contribution in [-0.4, -0.2) is 0 Å². The first-order chi connectivity index (χ1) is 9.86. The molecular formula is C19H28ClN. The van der Waals surface area contributed by atoms with Gasteiger partial charge in [0, 0.05) is 6.54 Å². The van der Waals surface area contributed by atoms with Crippen LogP contribution >= 0.6 is 12.4 Å². The lowest BCUT2D eigenvalue weighted by Crippen LogP contribution is -2.02. The molecule has 0 aliphatic rings. The highest BCUT2D eigenvalue weighted by Gasteiger charge is 2.06. The number of hydrogen-bond acceptors (Lipinski definition) is 1. The molecule has 2 aromatic rings. The predicted octanol–water partition coefficient (Wildman–Crippen LogP) is 5.62. The van der Waals surface area contributed by atoms with Crippen LogP contribution in [0.4, 0.5) is 0 Å². The molecule has 2 N–H and O–H groups in total. The molecule has 0 unspecified atom stereocenters. The van der Waals surface area contributed by atoms with Gasteiger partial charge in [-0.2, -0.15) is 0 Å². The molecule has 0 bridgehead atoms. The highest BCUT2D eigenvalue weighted by atomic mass is 35.5. The van der Waals surface area contributed by atoms with Crippen LogP contribution in [0.25, 0.3) is 10.8 Å². The second-order valence-electron chi connectivity index (χ2n) is 5.65. The third-order valence-corrected chi connectivity index (χ3v) is 4.14. The van der Waals surface area contributed by atoms with Crippen LogP contribution in [0.2, 0.25) is 0 Å². The minimum Gasteiger partial charge on any atom is -0.326 e. The summed E-state index contributed by atoms with van der Waals surface area (Å²) >= 11 is 0. The number of fused-ring (bicyclic) bond motifs is 1. The number of aryl methyl sites for hydroxylation is 1. The molecule has 0 aliphatic carbocycles. The van der Waals surface area contributed by atoms with E-state index in [1.165, 1.54) is 66.8 Å². The first kappa shape index (κ1) is 18.0. The van der Waals surface area contributed by atoms with E-state index in [0.29, 0.717) is 6.54 Å². The van der Waals surface area contributed by atoms with Gasteiger partial charge in [0.15, 0.2) is 0 Å². The molecule has 0 aromatic heterocycles. The van der Waals surface area contributed by atoms with Gasteiger partial charge in [-0.05, 0) is 34.7 Å². The Hall–Kier alpha value is -1.05. The predicted molar refractivity (Wildman–Crippen MR) is 96.2 cm³/mol. The number of halogens is 1. The largest absolute Gasteiger partial charge is 0.326 e. The van der Waals surface area contributed by atoms with Crippen molar-refractivity contribution in [2.45, 2.75) is 58.4 Å². The Bertz CT molecular complexity index is 536. The van der Waals surface area contributed by atoms with Gasteiger partial charge >= 0.3 is 0 Å². The molecule has 0 radical (unpaired) electrons. The van der Waals surface area contributed by atoms with Gasteiger partial charge in [-0.3, -0.25) is 0 Å². The summed E-state index contributed by atoms with van der Waals surface area (Å²) in [4.78, 5) is 0. The van der Waals surface area contributed by atoms with Crippen molar-refractivity contribution in [1.82, 2.24) is 0 Å². The minimum absolute atomic E-state index is 0. The zero-order valence-corrected chi connectivity index (χ0v) is 13.9. The van der Waals surface area contributed by atoms with Gasteiger partial charge < -0.3 is 5.73 Å². The molecule has 0 spiro atoms. The highest BCUT2D eigenvalue weighted by Crippen LogP contribution is 2.24. The number of benzene rings is 2. The molecule has 0 amide bonds. The summed E-state index contributed by atoms with van der Waals surface area (Å²) in [7, 11) is 0. The minimum atomic E-state index is 0. The second kappa shape index (κ2) is 9.81. The third-order valence-electron chi connectivity index (χ3n) is 4.14. The summed E-state index contributed by atoms with van der Waals surface area (Å²) in [6, 6.07) is 13.1. The van der Waals surface area contributed by atoms with E-state index in [4.69, 9.17) is 5.73 Å². The van der Waals surface area contributed by atoms with Crippen molar-refractivity contribution in [1.29, 1.82) is 0 Å². The normalized spacial score (nSPS) is 10.6. The Labute approximate surface area is 135 Å². The van der Waals surface area contributed by atoms with E-state index in [2.05, 4.69) is 43.3 Å². The molecule has 0 aliphatic heterocycles. The number of nitrogens with two attached hydrogens (primary N) is 1. The number of unbranched alkanes of at least 4 members (excludes halogenated alkanes) is 5. The summed E-state index contributed by atoms with van der Waals surface area (Å²) in [5, 5.41) is 2.73. The maximum atomic E-state index is 5.91. The van der Waals surface area contributed by atoms with Crippen molar-refractivity contribution >= 4 is 23.2 Å². The van der Waals surface area contributed by atoms with Gasteiger partial charge in [0.1, 0.15) is 0 Å². The first-order valence-electron chi connectivity index (χ1n) is 8.06. The fourth-order valence-electron chi connectivity index (χ4n) is 2.95. The molecule has 2 rings (SSSR count). The number of rotatable bonds is 8. The van der Waals surface area contributed by atoms with Crippen molar-refractivity contribution in [3.8, 4) is 0 Å². The van der Waals surface area contributed by atoms with E-state index in [9.17, 15) is 0 Å². The SMILES string of the molecule is CCCCCCCCc1c(CN)ccc2ccccc12.Cl. The average Bonchev–Trinajstić information content (AvgIpc) is 2.50. The summed E-state index contributed by atoms with van der Waals surface area (Å²) in [5.74, 6) is 0. The van der Waals surface area contributed by atoms with E-state index >= 15 is 0 Å². The Balaban J connectivity index is 0.00000220. The van der Waals surface area contributed by atoms with Crippen LogP contribution in [0.1, 0.15) is 56.6 Å². The fourth-order valence-corrected chi connectivity index (χ4v) is 2.95. The van der Waals surface area contributed by atoms with Crippen molar-refractivity contribution in [3.63, 3.8) is 0 Å². The zero-order valence-electron chi connectivity index (χ0n) is 13.1. The monoisotopic (exact) mass is 305 g/mol. The molecule has 2 heteroatoms. The summed E-state index contributed by atoms with van der Waals surface area (Å²) in [6.07, 6.45) is 9.24. The van der Waals surface area contributed by atoms with Gasteiger partial charge in [0.25, 0.3) is 0 Å². The lowest BCUT2D eigenvalue weighted by Gasteiger charge is -2.12. The lowest BCUT2D eigenvalue weighted by atomic mass is 9.94. The van der Waals surface area contributed by atoms with Crippen LogP contribution in [0.15, 0.2) is 36.4 Å². The van der Waals surface area contributed by atoms with E-state index in [0.717, 1.165) is 0 Å². The van der Waals surface area contributed by atoms with Crippen LogP contribution in [0.5, 0.6) is 0 Å². The smallest absolute Gasteiger partial charge is 0.0181 e. The molecule has 0 saturated heterocycles. The molecule has 0 saturated carbocycles. The van der Waals surface area contributed by atoms with Crippen LogP contribution in [0, 0.1) is 0 Å². The Morgan fingerprint density at radius 2 is 1.57 bits per heavy atom. The maximum absolute atomic E-state index is 5.91. The Morgan fingerprint density at radius 3 is 2.33 bits per heavy atom. The topological polar surface area (TPSA) is 26.0 Å². The van der Waals surface area contributed by atoms with Gasteiger partial charge in [-0.1, -0.05) is 75.4 Å². The van der Waals surface area contributed by atoms with Gasteiger partial charge in [-0.25, -0.2) is 0 Å². The Kier molecular flexibility index (Phi) is 8.41. The van der Waals surface area contributed by atoms with Gasteiger partial charge in [0.05, 0.1) is 0 Å². The van der Waals surface area contributed by atoms with E-state index in [1.807, 2.05) is 0 Å². The van der Waals surface area contributed by atoms with Crippen LogP contribution < -0.4 is 5.73 Å². The van der Waals surface area contributed by atoms with E-state index < -0.39 is 0 Å². The standard InChI is InChI=1S/C19H27N.ClH/c1-2-3-4-5-6-7-11-19-17(15-20)14-13-16-10-8-9-12-18(16)19;/h8-10,12-14H,2-7,11,15,20H2,1H3;1H. The molecule has 2 aromatic carbocycles. The molecule has 0 heterocycles. The van der Waals surface area contributed by atoms with Crippen molar-refractivity contribution < 1.29 is 0 Å². The second-order valence-corrected chi connectivity index (χ2v) is 5.65. The number of hydrogen-bond donors (Lipinski definition) is 1. The van der Waals surface area contributed by atoms with Crippen molar-refractivity contribution in [2.24, 2.45) is 5.73 Å². The maximum Gasteiger partial charge on any atom is 0.0181 e. The van der Waals surface area contributed by atoms with Crippen LogP contribution in [0.3, 0.4) is 0 Å². The Morgan fingerprint density at radius 1 is 0.857 bits per heavy atom. The zero-order chi connectivity index (χ0) is 14.2. The summed E-state index contributed by atoms with van der Waals surface area (Å²) in [6.45, 7) is 2.92. The van der Waals surface area contributed by atoms with Crippen molar-refractivity contribution in [3.05, 3.63) is 47.5 Å². The van der Waals surface area contributed by atoms with Gasteiger partial charge in [0.2, 0.25) is 0 Å². The first-order valence-corrected chi connectivity index (χ1v) is 8.06. The fraction of sp³-hybridized carbons (Fsp3) is 0.474. The molecule has 21 heavy (non-hydrogen) atoms. The van der Waals surface area contributed by atoms with E-state index in [-0.39, 0.29) is 12.4 Å². The quantitative estimate of drug-likeness (QED) is 0.629. The van der Waals surface area contributed by atoms with E-state index in [1.54, 1.807) is 0 Å². The van der Waals surface area contributed by atoms with Crippen LogP contribution in [-0.2, 0) is 13.0 Å². The summed E-state index contributed by atoms with van der Waals surface area (Å²) in [5.41, 5.74) is 8.70. The molecule has 116 valence electrons. The molecule has 1 nitrogen and oxygen atoms in total. The summed E-state index contributed by atoms with van der Waals surface area (Å²) < 4.78 is 0. The van der Waals surface area contributed by atoms with Crippen molar-refractivity contribution in [2.75, 3.05) is 0 Å². The molecule has 0 atom stereocenters. The average molecular weight is 306 g/mol. The molecule has 0 fully saturated rings. The highest BCUT2D eigenvalue weighted by molar-refractivity contribution is 5.86. The third kappa shape index (κ3) is 5.01. The van der Waals surface area contributed by atoms with Gasteiger partial charge in [-0.15, -0.1) is 12.4 Å². The molecular weight excluding hydrogens is 278 g/mol.